The predicted molar refractivity (Wildman–Crippen MR) is 104 cm³/mol. The molecule has 3 saturated heterocycles. The molecule has 0 bridgehead atoms. The van der Waals surface area contributed by atoms with Gasteiger partial charge < -0.3 is 19.4 Å². The summed E-state index contributed by atoms with van der Waals surface area (Å²) in [5.74, 6) is 0.991. The van der Waals surface area contributed by atoms with Crippen molar-refractivity contribution in [3.63, 3.8) is 0 Å². The number of rotatable bonds is 4. The highest BCUT2D eigenvalue weighted by atomic mass is 16.5. The smallest absolute Gasteiger partial charge is 0.248 e. The zero-order chi connectivity index (χ0) is 19.8. The second-order valence-electron chi connectivity index (χ2n) is 8.22. The van der Waals surface area contributed by atoms with Crippen LogP contribution in [-0.2, 0) is 14.3 Å². The molecular weight excluding hydrogens is 358 g/mol. The molecule has 0 radical (unpaired) electrons. The molecule has 3 aliphatic rings. The van der Waals surface area contributed by atoms with Crippen LogP contribution in [0.5, 0.6) is 0 Å². The van der Waals surface area contributed by atoms with Gasteiger partial charge in [-0.05, 0) is 32.3 Å². The van der Waals surface area contributed by atoms with Gasteiger partial charge >= 0.3 is 0 Å². The van der Waals surface area contributed by atoms with Crippen molar-refractivity contribution in [2.45, 2.75) is 26.2 Å². The minimum Gasteiger partial charge on any atom is -0.375 e. The summed E-state index contributed by atoms with van der Waals surface area (Å²) in [7, 11) is 1.55. The van der Waals surface area contributed by atoms with Gasteiger partial charge in [-0.25, -0.2) is 9.97 Å². The van der Waals surface area contributed by atoms with Gasteiger partial charge in [0.05, 0.1) is 5.41 Å². The predicted octanol–water partition coefficient (Wildman–Crippen LogP) is 0.790. The molecule has 1 atom stereocenters. The third kappa shape index (κ3) is 2.85. The molecule has 2 amide bonds. The number of amides is 2. The maximum absolute atomic E-state index is 13.5. The van der Waals surface area contributed by atoms with Crippen LogP contribution in [0, 0.1) is 10.8 Å². The first-order valence-electron chi connectivity index (χ1n) is 10.1. The molecule has 4 rings (SSSR count). The van der Waals surface area contributed by atoms with Crippen LogP contribution in [0.2, 0.25) is 0 Å². The first-order valence-corrected chi connectivity index (χ1v) is 10.1. The Morgan fingerprint density at radius 2 is 1.86 bits per heavy atom. The van der Waals surface area contributed by atoms with Crippen molar-refractivity contribution in [2.75, 3.05) is 57.9 Å². The minimum atomic E-state index is -0.404. The molecule has 28 heavy (non-hydrogen) atoms. The van der Waals surface area contributed by atoms with E-state index in [1.54, 1.807) is 19.5 Å². The third-order valence-corrected chi connectivity index (χ3v) is 7.03. The number of anilines is 1. The molecule has 152 valence electrons. The van der Waals surface area contributed by atoms with Gasteiger partial charge in [0.25, 0.3) is 0 Å². The van der Waals surface area contributed by atoms with Gasteiger partial charge in [-0.2, -0.15) is 0 Å². The van der Waals surface area contributed by atoms with E-state index in [1.807, 2.05) is 22.8 Å². The summed E-state index contributed by atoms with van der Waals surface area (Å²) in [6.45, 7) is 6.50. The van der Waals surface area contributed by atoms with E-state index in [4.69, 9.17) is 4.74 Å². The monoisotopic (exact) mass is 387 g/mol. The number of hydrogen-bond donors (Lipinski definition) is 0. The van der Waals surface area contributed by atoms with Gasteiger partial charge in [0.2, 0.25) is 17.8 Å². The Bertz CT molecular complexity index is 735. The average Bonchev–Trinajstić information content (AvgIpc) is 3.22. The Kier molecular flexibility index (Phi) is 4.99. The Balaban J connectivity index is 1.62. The molecular formula is C20H29N5O3. The fourth-order valence-electron chi connectivity index (χ4n) is 5.48. The van der Waals surface area contributed by atoms with Crippen LogP contribution in [-0.4, -0.2) is 84.6 Å². The highest BCUT2D eigenvalue weighted by Gasteiger charge is 2.65. The lowest BCUT2D eigenvalue weighted by Crippen LogP contribution is -2.54. The first-order chi connectivity index (χ1) is 13.5. The molecule has 0 aromatic carbocycles. The molecule has 1 unspecified atom stereocenters. The number of carbonyl (C=O) groups is 2. The van der Waals surface area contributed by atoms with E-state index >= 15 is 0 Å². The largest absolute Gasteiger partial charge is 0.375 e. The molecule has 0 N–H and O–H groups in total. The molecule has 1 aromatic heterocycles. The average molecular weight is 387 g/mol. The summed E-state index contributed by atoms with van der Waals surface area (Å²) < 4.78 is 5.01. The van der Waals surface area contributed by atoms with Crippen LogP contribution in [0.25, 0.3) is 0 Å². The summed E-state index contributed by atoms with van der Waals surface area (Å²) in [6.07, 6.45) is 6.03. The number of hydrogen-bond acceptors (Lipinski definition) is 6. The Morgan fingerprint density at radius 1 is 1.14 bits per heavy atom. The molecule has 4 heterocycles. The van der Waals surface area contributed by atoms with Crippen molar-refractivity contribution in [1.29, 1.82) is 0 Å². The molecule has 1 aromatic rings. The Hall–Kier alpha value is -2.22. The number of likely N-dealkylation sites (tertiary alicyclic amines) is 2. The molecule has 8 nitrogen and oxygen atoms in total. The van der Waals surface area contributed by atoms with Crippen molar-refractivity contribution in [2.24, 2.45) is 10.8 Å². The van der Waals surface area contributed by atoms with Crippen molar-refractivity contribution in [3.05, 3.63) is 18.5 Å². The van der Waals surface area contributed by atoms with E-state index in [0.29, 0.717) is 25.6 Å². The first kappa shape index (κ1) is 19.1. The van der Waals surface area contributed by atoms with E-state index in [2.05, 4.69) is 14.9 Å². The van der Waals surface area contributed by atoms with Crippen LogP contribution in [0.4, 0.5) is 5.95 Å². The van der Waals surface area contributed by atoms with Crippen molar-refractivity contribution >= 4 is 17.8 Å². The topological polar surface area (TPSA) is 78.9 Å². The molecule has 2 spiro atoms. The van der Waals surface area contributed by atoms with Crippen LogP contribution in [0.3, 0.4) is 0 Å². The molecule has 3 fully saturated rings. The number of ether oxygens (including phenoxy) is 1. The molecule has 3 aliphatic heterocycles. The van der Waals surface area contributed by atoms with Gasteiger partial charge in [0.1, 0.15) is 6.61 Å². The Morgan fingerprint density at radius 3 is 2.46 bits per heavy atom. The SMILES string of the molecule is CCN1CCC2(CN(c3ncccn3)CC23CCN(C(=O)COC)CC3)C1=O. The lowest BCUT2D eigenvalue weighted by molar-refractivity contribution is -0.145. The normalized spacial score (nSPS) is 26.6. The lowest BCUT2D eigenvalue weighted by atomic mass is 9.60. The van der Waals surface area contributed by atoms with E-state index in [1.165, 1.54) is 0 Å². The fourth-order valence-corrected chi connectivity index (χ4v) is 5.48. The summed E-state index contributed by atoms with van der Waals surface area (Å²) in [5.41, 5.74) is -0.546. The Labute approximate surface area is 165 Å². The number of aromatic nitrogens is 2. The lowest BCUT2D eigenvalue weighted by Gasteiger charge is -2.46. The molecule has 0 aliphatic carbocycles. The quantitative estimate of drug-likeness (QED) is 0.760. The highest BCUT2D eigenvalue weighted by Crippen LogP contribution is 2.58. The summed E-state index contributed by atoms with van der Waals surface area (Å²) in [4.78, 5) is 40.7. The summed E-state index contributed by atoms with van der Waals surface area (Å²) >= 11 is 0. The van der Waals surface area contributed by atoms with Gasteiger partial charge in [-0.1, -0.05) is 0 Å². The van der Waals surface area contributed by atoms with Gasteiger partial charge in [0.15, 0.2) is 0 Å². The number of piperidine rings is 1. The minimum absolute atomic E-state index is 0.0283. The van der Waals surface area contributed by atoms with E-state index < -0.39 is 5.41 Å². The van der Waals surface area contributed by atoms with Crippen molar-refractivity contribution in [1.82, 2.24) is 19.8 Å². The van der Waals surface area contributed by atoms with E-state index in [0.717, 1.165) is 38.9 Å². The second-order valence-corrected chi connectivity index (χ2v) is 8.22. The zero-order valence-electron chi connectivity index (χ0n) is 16.8. The highest BCUT2D eigenvalue weighted by molar-refractivity contribution is 5.87. The van der Waals surface area contributed by atoms with Gasteiger partial charge in [-0.15, -0.1) is 0 Å². The number of nitrogens with zero attached hydrogens (tertiary/aromatic N) is 5. The maximum atomic E-state index is 13.5. The van der Waals surface area contributed by atoms with Crippen molar-refractivity contribution < 1.29 is 14.3 Å². The van der Waals surface area contributed by atoms with Crippen LogP contribution < -0.4 is 4.90 Å². The standard InChI is InChI=1S/C20H29N5O3/c1-3-23-12-7-20(17(23)27)15-25(18-21-8-4-9-22-18)14-19(20)5-10-24(11-6-19)16(26)13-28-2/h4,8-9H,3,5-7,10-15H2,1-2H3. The van der Waals surface area contributed by atoms with Gasteiger partial charge in [-0.3, -0.25) is 9.59 Å². The number of fused-ring (bicyclic) bond motifs is 1. The second kappa shape index (κ2) is 7.31. The van der Waals surface area contributed by atoms with Gasteiger partial charge in [0, 0.05) is 64.2 Å². The molecule has 0 saturated carbocycles. The van der Waals surface area contributed by atoms with Crippen LogP contribution in [0.1, 0.15) is 26.2 Å². The van der Waals surface area contributed by atoms with E-state index in [9.17, 15) is 9.59 Å². The summed E-state index contributed by atoms with van der Waals surface area (Å²) in [5, 5.41) is 0. The maximum Gasteiger partial charge on any atom is 0.248 e. The number of methoxy groups -OCH3 is 1. The van der Waals surface area contributed by atoms with E-state index in [-0.39, 0.29) is 23.8 Å². The number of carbonyl (C=O) groups excluding carboxylic acids is 2. The fraction of sp³-hybridized carbons (Fsp3) is 0.700. The summed E-state index contributed by atoms with van der Waals surface area (Å²) in [6, 6.07) is 1.81. The van der Waals surface area contributed by atoms with Crippen molar-refractivity contribution in [3.8, 4) is 0 Å². The third-order valence-electron chi connectivity index (χ3n) is 7.03. The van der Waals surface area contributed by atoms with Crippen LogP contribution in [0.15, 0.2) is 18.5 Å². The van der Waals surface area contributed by atoms with Crippen LogP contribution >= 0.6 is 0 Å². The molecule has 8 heteroatoms. The zero-order valence-corrected chi connectivity index (χ0v) is 16.8.